The maximum atomic E-state index is 6.19. The number of piperazine rings is 1. The molecule has 1 aliphatic heterocycles. The quantitative estimate of drug-likeness (QED) is 0.749. The van der Waals surface area contributed by atoms with Gasteiger partial charge in [0.25, 0.3) is 0 Å². The zero-order chi connectivity index (χ0) is 16.9. The maximum absolute atomic E-state index is 6.19. The van der Waals surface area contributed by atoms with Gasteiger partial charge < -0.3 is 0 Å². The van der Waals surface area contributed by atoms with E-state index in [1.54, 1.807) is 12.3 Å². The van der Waals surface area contributed by atoms with Crippen molar-refractivity contribution >= 4 is 29.4 Å². The lowest BCUT2D eigenvalue weighted by Gasteiger charge is -2.33. The van der Waals surface area contributed by atoms with Gasteiger partial charge in [-0.2, -0.15) is 5.10 Å². The summed E-state index contributed by atoms with van der Waals surface area (Å²) in [4.78, 5) is 2.46. The predicted octanol–water partition coefficient (Wildman–Crippen LogP) is 4.45. The number of rotatable bonds is 4. The molecule has 0 aromatic heterocycles. The largest absolute Gasteiger partial charge is 0.295 e. The zero-order valence-electron chi connectivity index (χ0n) is 13.8. The van der Waals surface area contributed by atoms with Crippen molar-refractivity contribution in [2.75, 3.05) is 26.2 Å². The molecule has 2 aromatic rings. The Balaban J connectivity index is 1.52. The molecule has 0 aliphatic carbocycles. The van der Waals surface area contributed by atoms with E-state index in [0.717, 1.165) is 38.3 Å². The molecule has 1 aliphatic rings. The number of halogens is 2. The number of hydrazone groups is 1. The predicted molar refractivity (Wildman–Crippen MR) is 102 cm³/mol. The lowest BCUT2D eigenvalue weighted by molar-refractivity contribution is 0.131. The van der Waals surface area contributed by atoms with Gasteiger partial charge in [-0.05, 0) is 18.6 Å². The van der Waals surface area contributed by atoms with Crippen LogP contribution < -0.4 is 0 Å². The highest BCUT2D eigenvalue weighted by Gasteiger charge is 2.15. The van der Waals surface area contributed by atoms with E-state index in [2.05, 4.69) is 46.2 Å². The fraction of sp³-hybridized carbons (Fsp3) is 0.316. The van der Waals surface area contributed by atoms with E-state index in [9.17, 15) is 0 Å². The van der Waals surface area contributed by atoms with E-state index >= 15 is 0 Å². The molecule has 3 nitrogen and oxygen atoms in total. The van der Waals surface area contributed by atoms with Crippen molar-refractivity contribution in [3.63, 3.8) is 0 Å². The minimum absolute atomic E-state index is 0.556. The van der Waals surface area contributed by atoms with Gasteiger partial charge in [0.2, 0.25) is 0 Å². The fourth-order valence-electron chi connectivity index (χ4n) is 2.73. The molecule has 0 unspecified atom stereocenters. The molecule has 5 heteroatoms. The topological polar surface area (TPSA) is 18.8 Å². The van der Waals surface area contributed by atoms with Crippen molar-refractivity contribution in [1.82, 2.24) is 9.91 Å². The van der Waals surface area contributed by atoms with Crippen molar-refractivity contribution < 1.29 is 0 Å². The smallest absolute Gasteiger partial charge is 0.0680 e. The van der Waals surface area contributed by atoms with Crippen molar-refractivity contribution in [3.8, 4) is 0 Å². The SMILES string of the molecule is Cc1ccc(CN2CCN(N=Cc3cccc(Cl)c3Cl)CC2)cc1. The molecule has 1 saturated heterocycles. The molecule has 0 spiro atoms. The summed E-state index contributed by atoms with van der Waals surface area (Å²) < 4.78 is 0. The lowest BCUT2D eigenvalue weighted by Crippen LogP contribution is -2.43. The summed E-state index contributed by atoms with van der Waals surface area (Å²) in [6.45, 7) is 6.97. The highest BCUT2D eigenvalue weighted by Crippen LogP contribution is 2.24. The van der Waals surface area contributed by atoms with Crippen LogP contribution in [0.25, 0.3) is 0 Å². The van der Waals surface area contributed by atoms with Crippen LogP contribution in [0.2, 0.25) is 10.0 Å². The summed E-state index contributed by atoms with van der Waals surface area (Å²) in [7, 11) is 0. The first-order valence-corrected chi connectivity index (χ1v) is 8.88. The van der Waals surface area contributed by atoms with Gasteiger partial charge in [-0.3, -0.25) is 9.91 Å². The van der Waals surface area contributed by atoms with E-state index in [1.807, 2.05) is 12.1 Å². The van der Waals surface area contributed by atoms with Gasteiger partial charge in [0, 0.05) is 38.3 Å². The molecule has 0 radical (unpaired) electrons. The first-order chi connectivity index (χ1) is 11.6. The second-order valence-corrected chi connectivity index (χ2v) is 6.89. The number of nitrogens with zero attached hydrogens (tertiary/aromatic N) is 3. The van der Waals surface area contributed by atoms with Crippen LogP contribution >= 0.6 is 23.2 Å². The Labute approximate surface area is 153 Å². The molecular formula is C19H21Cl2N3. The molecule has 1 heterocycles. The van der Waals surface area contributed by atoms with Crippen LogP contribution in [0, 0.1) is 6.92 Å². The van der Waals surface area contributed by atoms with Crippen LogP contribution in [0.15, 0.2) is 47.6 Å². The molecule has 0 saturated carbocycles. The Hall–Kier alpha value is -1.55. The van der Waals surface area contributed by atoms with Crippen LogP contribution in [-0.4, -0.2) is 42.3 Å². The molecule has 24 heavy (non-hydrogen) atoms. The fourth-order valence-corrected chi connectivity index (χ4v) is 3.08. The second-order valence-electron chi connectivity index (χ2n) is 6.10. The minimum atomic E-state index is 0.556. The second kappa shape index (κ2) is 8.02. The summed E-state index contributed by atoms with van der Waals surface area (Å²) in [5.74, 6) is 0. The maximum Gasteiger partial charge on any atom is 0.0680 e. The summed E-state index contributed by atoms with van der Waals surface area (Å²) >= 11 is 12.2. The van der Waals surface area contributed by atoms with Gasteiger partial charge in [-0.1, -0.05) is 65.2 Å². The third kappa shape index (κ3) is 4.50. The van der Waals surface area contributed by atoms with Gasteiger partial charge in [0.15, 0.2) is 0 Å². The van der Waals surface area contributed by atoms with Crippen LogP contribution in [0.1, 0.15) is 16.7 Å². The van der Waals surface area contributed by atoms with Gasteiger partial charge in [-0.15, -0.1) is 0 Å². The molecule has 0 N–H and O–H groups in total. The van der Waals surface area contributed by atoms with Crippen LogP contribution in [-0.2, 0) is 6.54 Å². The molecule has 0 amide bonds. The molecule has 1 fully saturated rings. The number of aryl methyl sites for hydroxylation is 1. The first kappa shape index (κ1) is 17.3. The van der Waals surface area contributed by atoms with Gasteiger partial charge in [0.1, 0.15) is 0 Å². The molecule has 0 bridgehead atoms. The first-order valence-electron chi connectivity index (χ1n) is 8.12. The van der Waals surface area contributed by atoms with Crippen molar-refractivity contribution in [1.29, 1.82) is 0 Å². The molecular weight excluding hydrogens is 341 g/mol. The van der Waals surface area contributed by atoms with E-state index in [-0.39, 0.29) is 0 Å². The normalized spacial score (nSPS) is 16.0. The third-order valence-electron chi connectivity index (χ3n) is 4.22. The average molecular weight is 362 g/mol. The highest BCUT2D eigenvalue weighted by atomic mass is 35.5. The minimum Gasteiger partial charge on any atom is -0.295 e. The average Bonchev–Trinajstić information content (AvgIpc) is 2.59. The van der Waals surface area contributed by atoms with Gasteiger partial charge in [0.05, 0.1) is 16.3 Å². The van der Waals surface area contributed by atoms with Crippen molar-refractivity contribution in [3.05, 3.63) is 69.2 Å². The Morgan fingerprint density at radius 3 is 2.42 bits per heavy atom. The summed E-state index contributed by atoms with van der Waals surface area (Å²) in [5, 5.41) is 7.75. The lowest BCUT2D eigenvalue weighted by atomic mass is 10.1. The number of benzene rings is 2. The number of hydrogen-bond acceptors (Lipinski definition) is 3. The summed E-state index contributed by atoms with van der Waals surface area (Å²) in [5.41, 5.74) is 3.52. The van der Waals surface area contributed by atoms with E-state index in [1.165, 1.54) is 11.1 Å². The number of hydrogen-bond donors (Lipinski definition) is 0. The Morgan fingerprint density at radius 2 is 1.71 bits per heavy atom. The van der Waals surface area contributed by atoms with Crippen LogP contribution in [0.3, 0.4) is 0 Å². The molecule has 0 atom stereocenters. The standard InChI is InChI=1S/C19H21Cl2N3/c1-15-5-7-16(8-6-15)14-23-9-11-24(12-10-23)22-13-17-3-2-4-18(20)19(17)21/h2-8,13H,9-12,14H2,1H3. The van der Waals surface area contributed by atoms with E-state index in [0.29, 0.717) is 10.0 Å². The van der Waals surface area contributed by atoms with Gasteiger partial charge >= 0.3 is 0 Å². The third-order valence-corrected chi connectivity index (χ3v) is 5.05. The Morgan fingerprint density at radius 1 is 1.00 bits per heavy atom. The summed E-state index contributed by atoms with van der Waals surface area (Å²) in [6.07, 6.45) is 1.80. The van der Waals surface area contributed by atoms with E-state index in [4.69, 9.17) is 23.2 Å². The monoisotopic (exact) mass is 361 g/mol. The molecule has 3 rings (SSSR count). The van der Waals surface area contributed by atoms with Crippen molar-refractivity contribution in [2.24, 2.45) is 5.10 Å². The Bertz CT molecular complexity index is 705. The van der Waals surface area contributed by atoms with Gasteiger partial charge in [-0.25, -0.2) is 0 Å². The van der Waals surface area contributed by atoms with Crippen molar-refractivity contribution in [2.45, 2.75) is 13.5 Å². The zero-order valence-corrected chi connectivity index (χ0v) is 15.3. The Kier molecular flexibility index (Phi) is 5.77. The van der Waals surface area contributed by atoms with Crippen LogP contribution in [0.4, 0.5) is 0 Å². The van der Waals surface area contributed by atoms with E-state index < -0.39 is 0 Å². The summed E-state index contributed by atoms with van der Waals surface area (Å²) in [6, 6.07) is 14.3. The van der Waals surface area contributed by atoms with Crippen LogP contribution in [0.5, 0.6) is 0 Å². The highest BCUT2D eigenvalue weighted by molar-refractivity contribution is 6.43. The molecule has 2 aromatic carbocycles. The molecule has 126 valence electrons.